The van der Waals surface area contributed by atoms with Crippen molar-refractivity contribution in [2.75, 3.05) is 13.1 Å². The third-order valence-electron chi connectivity index (χ3n) is 3.07. The number of rotatable bonds is 1. The molecule has 1 saturated heterocycles. The summed E-state index contributed by atoms with van der Waals surface area (Å²) in [5.74, 6) is 0.391. The summed E-state index contributed by atoms with van der Waals surface area (Å²) in [5, 5.41) is 0. The molecule has 0 aromatic heterocycles. The molecule has 4 heteroatoms. The zero-order valence-corrected chi connectivity index (χ0v) is 11.9. The number of nitrogens with zero attached hydrogens (tertiary/aromatic N) is 1. The van der Waals surface area contributed by atoms with Gasteiger partial charge in [0, 0.05) is 25.0 Å². The molecule has 1 aliphatic heterocycles. The molecule has 1 atom stereocenters. The second-order valence-electron chi connectivity index (χ2n) is 7.04. The summed E-state index contributed by atoms with van der Waals surface area (Å²) < 4.78 is 5.30. The van der Waals surface area contributed by atoms with Gasteiger partial charge in [0.1, 0.15) is 5.60 Å². The Morgan fingerprint density at radius 1 is 1.24 bits per heavy atom. The van der Waals surface area contributed by atoms with Crippen LogP contribution in [0.5, 0.6) is 0 Å². The highest BCUT2D eigenvalue weighted by molar-refractivity contribution is 5.69. The van der Waals surface area contributed by atoms with Crippen LogP contribution in [0.2, 0.25) is 0 Å². The highest BCUT2D eigenvalue weighted by Crippen LogP contribution is 2.30. The Hall–Kier alpha value is -0.770. The minimum atomic E-state index is -0.422. The first kappa shape index (κ1) is 14.3. The van der Waals surface area contributed by atoms with Gasteiger partial charge < -0.3 is 15.4 Å². The van der Waals surface area contributed by atoms with Gasteiger partial charge in [-0.1, -0.05) is 20.8 Å². The fraction of sp³-hybridized carbons (Fsp3) is 0.923. The van der Waals surface area contributed by atoms with Crippen molar-refractivity contribution in [3.8, 4) is 0 Å². The second-order valence-corrected chi connectivity index (χ2v) is 7.04. The summed E-state index contributed by atoms with van der Waals surface area (Å²) in [7, 11) is 0. The standard InChI is InChI=1S/C13H26N2O2/c1-12(2,3)10(14)9-7-15(8-9)11(16)17-13(4,5)6/h9-10H,7-8,14H2,1-6H3/t10-/m1/s1. The Bertz CT molecular complexity index is 283. The van der Waals surface area contributed by atoms with Crippen LogP contribution >= 0.6 is 0 Å². The van der Waals surface area contributed by atoms with Gasteiger partial charge in [-0.2, -0.15) is 0 Å². The van der Waals surface area contributed by atoms with Crippen LogP contribution in [-0.2, 0) is 4.74 Å². The van der Waals surface area contributed by atoms with Crippen molar-refractivity contribution < 1.29 is 9.53 Å². The molecule has 2 N–H and O–H groups in total. The molecule has 0 radical (unpaired) electrons. The van der Waals surface area contributed by atoms with E-state index in [1.807, 2.05) is 20.8 Å². The molecule has 100 valence electrons. The van der Waals surface area contributed by atoms with Gasteiger partial charge in [-0.05, 0) is 26.2 Å². The zero-order valence-electron chi connectivity index (χ0n) is 11.9. The van der Waals surface area contributed by atoms with Gasteiger partial charge in [0.05, 0.1) is 0 Å². The van der Waals surface area contributed by atoms with Gasteiger partial charge in [0.2, 0.25) is 0 Å². The lowest BCUT2D eigenvalue weighted by molar-refractivity contribution is -0.0116. The summed E-state index contributed by atoms with van der Waals surface area (Å²) in [6.45, 7) is 13.5. The fourth-order valence-electron chi connectivity index (χ4n) is 1.92. The van der Waals surface area contributed by atoms with E-state index in [9.17, 15) is 4.79 Å². The summed E-state index contributed by atoms with van der Waals surface area (Å²) in [6, 6.07) is 0.126. The molecule has 1 aliphatic rings. The van der Waals surface area contributed by atoms with E-state index in [0.717, 1.165) is 0 Å². The highest BCUT2D eigenvalue weighted by Gasteiger charge is 2.40. The smallest absolute Gasteiger partial charge is 0.410 e. The van der Waals surface area contributed by atoms with E-state index in [-0.39, 0.29) is 17.6 Å². The quantitative estimate of drug-likeness (QED) is 0.767. The summed E-state index contributed by atoms with van der Waals surface area (Å²) >= 11 is 0. The van der Waals surface area contributed by atoms with E-state index in [0.29, 0.717) is 19.0 Å². The van der Waals surface area contributed by atoms with Gasteiger partial charge in [-0.3, -0.25) is 0 Å². The largest absolute Gasteiger partial charge is 0.444 e. The van der Waals surface area contributed by atoms with E-state index in [1.165, 1.54) is 0 Å². The molecule has 0 aliphatic carbocycles. The van der Waals surface area contributed by atoms with Crippen molar-refractivity contribution in [3.05, 3.63) is 0 Å². The number of likely N-dealkylation sites (tertiary alicyclic amines) is 1. The SMILES string of the molecule is CC(C)(C)OC(=O)N1CC([C@@H](N)C(C)(C)C)C1. The number of amides is 1. The van der Waals surface area contributed by atoms with Crippen LogP contribution in [0.25, 0.3) is 0 Å². The summed E-state index contributed by atoms with van der Waals surface area (Å²) in [6.07, 6.45) is -0.227. The van der Waals surface area contributed by atoms with Crippen molar-refractivity contribution in [2.24, 2.45) is 17.1 Å². The van der Waals surface area contributed by atoms with Crippen molar-refractivity contribution in [3.63, 3.8) is 0 Å². The molecule has 1 fully saturated rings. The lowest BCUT2D eigenvalue weighted by atomic mass is 9.76. The summed E-state index contributed by atoms with van der Waals surface area (Å²) in [4.78, 5) is 13.4. The molecule has 1 amide bonds. The zero-order chi connectivity index (χ0) is 13.4. The van der Waals surface area contributed by atoms with Gasteiger partial charge in [0.25, 0.3) is 0 Å². The first-order valence-corrected chi connectivity index (χ1v) is 6.24. The van der Waals surface area contributed by atoms with Crippen molar-refractivity contribution in [1.82, 2.24) is 4.90 Å². The van der Waals surface area contributed by atoms with E-state index in [4.69, 9.17) is 10.5 Å². The van der Waals surface area contributed by atoms with Crippen LogP contribution < -0.4 is 5.73 Å². The maximum Gasteiger partial charge on any atom is 0.410 e. The number of nitrogens with two attached hydrogens (primary N) is 1. The average molecular weight is 242 g/mol. The van der Waals surface area contributed by atoms with E-state index >= 15 is 0 Å². The van der Waals surface area contributed by atoms with E-state index in [2.05, 4.69) is 20.8 Å². The molecule has 0 bridgehead atoms. The topological polar surface area (TPSA) is 55.6 Å². The minimum Gasteiger partial charge on any atom is -0.444 e. The fourth-order valence-corrected chi connectivity index (χ4v) is 1.92. The third kappa shape index (κ3) is 3.87. The Kier molecular flexibility index (Phi) is 3.77. The predicted molar refractivity (Wildman–Crippen MR) is 68.7 cm³/mol. The van der Waals surface area contributed by atoms with E-state index < -0.39 is 5.60 Å². The van der Waals surface area contributed by atoms with Crippen LogP contribution in [0.3, 0.4) is 0 Å². The van der Waals surface area contributed by atoms with Gasteiger partial charge in [-0.25, -0.2) is 4.79 Å². The molecule has 17 heavy (non-hydrogen) atoms. The van der Waals surface area contributed by atoms with Crippen LogP contribution in [0.1, 0.15) is 41.5 Å². The molecular weight excluding hydrogens is 216 g/mol. The first-order chi connectivity index (χ1) is 7.50. The number of carbonyl (C=O) groups is 1. The van der Waals surface area contributed by atoms with Crippen LogP contribution in [0, 0.1) is 11.3 Å². The number of ether oxygens (including phenoxy) is 1. The normalized spacial score (nSPS) is 19.8. The molecule has 0 saturated carbocycles. The monoisotopic (exact) mass is 242 g/mol. The van der Waals surface area contributed by atoms with Crippen molar-refractivity contribution in [2.45, 2.75) is 53.2 Å². The molecule has 0 spiro atoms. The van der Waals surface area contributed by atoms with Crippen molar-refractivity contribution in [1.29, 1.82) is 0 Å². The van der Waals surface area contributed by atoms with Crippen LogP contribution in [0.4, 0.5) is 4.79 Å². The Morgan fingerprint density at radius 2 is 1.71 bits per heavy atom. The Labute approximate surface area is 104 Å². The molecule has 0 aromatic rings. The average Bonchev–Trinajstić information content (AvgIpc) is 1.94. The van der Waals surface area contributed by atoms with Crippen LogP contribution in [0.15, 0.2) is 0 Å². The molecule has 1 heterocycles. The predicted octanol–water partition coefficient (Wildman–Crippen LogP) is 2.23. The molecule has 0 unspecified atom stereocenters. The molecule has 4 nitrogen and oxygen atoms in total. The number of hydrogen-bond acceptors (Lipinski definition) is 3. The minimum absolute atomic E-state index is 0.0880. The van der Waals surface area contributed by atoms with Crippen molar-refractivity contribution >= 4 is 6.09 Å². The first-order valence-electron chi connectivity index (χ1n) is 6.24. The van der Waals surface area contributed by atoms with Crippen LogP contribution in [-0.4, -0.2) is 35.7 Å². The maximum absolute atomic E-state index is 11.7. The second kappa shape index (κ2) is 4.48. The van der Waals surface area contributed by atoms with Gasteiger partial charge in [-0.15, -0.1) is 0 Å². The number of carbonyl (C=O) groups excluding carboxylic acids is 1. The Balaban J connectivity index is 2.40. The third-order valence-corrected chi connectivity index (χ3v) is 3.07. The molecular formula is C13H26N2O2. The van der Waals surface area contributed by atoms with E-state index in [1.54, 1.807) is 4.90 Å². The highest BCUT2D eigenvalue weighted by atomic mass is 16.6. The summed E-state index contributed by atoms with van der Waals surface area (Å²) in [5.41, 5.74) is 5.83. The number of hydrogen-bond donors (Lipinski definition) is 1. The van der Waals surface area contributed by atoms with Gasteiger partial charge >= 0.3 is 6.09 Å². The van der Waals surface area contributed by atoms with Gasteiger partial charge in [0.15, 0.2) is 0 Å². The lowest BCUT2D eigenvalue weighted by Crippen LogP contribution is -2.60. The molecule has 0 aromatic carbocycles. The maximum atomic E-state index is 11.7. The molecule has 1 rings (SSSR count). The lowest BCUT2D eigenvalue weighted by Gasteiger charge is -2.46. The Morgan fingerprint density at radius 3 is 2.06 bits per heavy atom.